The van der Waals surface area contributed by atoms with Crippen molar-refractivity contribution in [3.8, 4) is 0 Å². The summed E-state index contributed by atoms with van der Waals surface area (Å²) in [7, 11) is 0. The molecule has 2 fully saturated rings. The predicted molar refractivity (Wildman–Crippen MR) is 69.7 cm³/mol. The monoisotopic (exact) mass is 224 g/mol. The number of rotatable bonds is 2. The molecule has 2 heteroatoms. The second-order valence-corrected chi connectivity index (χ2v) is 6.71. The van der Waals surface area contributed by atoms with Gasteiger partial charge in [0.2, 0.25) is 0 Å². The van der Waals surface area contributed by atoms with Crippen molar-refractivity contribution in [1.82, 2.24) is 10.2 Å². The molecule has 0 bridgehead atoms. The highest BCUT2D eigenvalue weighted by Crippen LogP contribution is 2.41. The molecule has 1 heterocycles. The maximum Gasteiger partial charge on any atom is 0.0278 e. The SMILES string of the molecule is CCC1(C)CN(C2CCCC2(C)C)CCN1. The lowest BCUT2D eigenvalue weighted by Gasteiger charge is -2.47. The van der Waals surface area contributed by atoms with Crippen LogP contribution in [0.4, 0.5) is 0 Å². The summed E-state index contributed by atoms with van der Waals surface area (Å²) < 4.78 is 0. The van der Waals surface area contributed by atoms with Gasteiger partial charge in [-0.05, 0) is 31.6 Å². The summed E-state index contributed by atoms with van der Waals surface area (Å²) in [5.41, 5.74) is 0.878. The largest absolute Gasteiger partial charge is 0.309 e. The standard InChI is InChI=1S/C14H28N2/c1-5-14(4)11-16(10-9-15-14)12-7-6-8-13(12,2)3/h12,15H,5-11H2,1-4H3. The number of piperazine rings is 1. The summed E-state index contributed by atoms with van der Waals surface area (Å²) in [4.78, 5) is 2.76. The molecule has 94 valence electrons. The van der Waals surface area contributed by atoms with Crippen molar-refractivity contribution >= 4 is 0 Å². The smallest absolute Gasteiger partial charge is 0.0278 e. The molecule has 2 aliphatic rings. The van der Waals surface area contributed by atoms with E-state index in [4.69, 9.17) is 0 Å². The first-order valence-corrected chi connectivity index (χ1v) is 6.96. The van der Waals surface area contributed by atoms with Gasteiger partial charge in [0.15, 0.2) is 0 Å². The van der Waals surface area contributed by atoms with Crippen molar-refractivity contribution in [3.05, 3.63) is 0 Å². The molecular weight excluding hydrogens is 196 g/mol. The average molecular weight is 224 g/mol. The van der Waals surface area contributed by atoms with Crippen LogP contribution in [0.1, 0.15) is 53.4 Å². The molecule has 16 heavy (non-hydrogen) atoms. The van der Waals surface area contributed by atoms with Gasteiger partial charge < -0.3 is 5.32 Å². The zero-order valence-electron chi connectivity index (χ0n) is 11.5. The molecule has 1 aliphatic carbocycles. The number of hydrogen-bond acceptors (Lipinski definition) is 2. The molecule has 0 spiro atoms. The fourth-order valence-corrected chi connectivity index (χ4v) is 3.57. The maximum atomic E-state index is 3.68. The summed E-state index contributed by atoms with van der Waals surface area (Å²) in [6.07, 6.45) is 5.47. The predicted octanol–water partition coefficient (Wildman–Crippen LogP) is 2.64. The zero-order chi connectivity index (χ0) is 11.8. The molecule has 0 radical (unpaired) electrons. The van der Waals surface area contributed by atoms with Gasteiger partial charge in [0.05, 0.1) is 0 Å². The van der Waals surface area contributed by atoms with Crippen LogP contribution < -0.4 is 5.32 Å². The van der Waals surface area contributed by atoms with E-state index in [2.05, 4.69) is 37.9 Å². The second kappa shape index (κ2) is 4.30. The normalized spacial score (nSPS) is 40.1. The molecule has 0 aromatic heterocycles. The topological polar surface area (TPSA) is 15.3 Å². The average Bonchev–Trinajstić information content (AvgIpc) is 2.58. The van der Waals surface area contributed by atoms with E-state index < -0.39 is 0 Å². The molecule has 1 saturated heterocycles. The number of nitrogens with one attached hydrogen (secondary N) is 1. The Morgan fingerprint density at radius 3 is 2.62 bits per heavy atom. The molecule has 2 unspecified atom stereocenters. The lowest BCUT2D eigenvalue weighted by molar-refractivity contribution is 0.0529. The molecule has 1 N–H and O–H groups in total. The molecular formula is C14H28N2. The molecule has 2 rings (SSSR count). The van der Waals surface area contributed by atoms with Crippen molar-refractivity contribution in [3.63, 3.8) is 0 Å². The highest BCUT2D eigenvalue weighted by Gasteiger charge is 2.41. The van der Waals surface area contributed by atoms with E-state index in [9.17, 15) is 0 Å². The summed E-state index contributed by atoms with van der Waals surface area (Å²) in [6, 6.07) is 0.820. The maximum absolute atomic E-state index is 3.68. The Hall–Kier alpha value is -0.0800. The zero-order valence-corrected chi connectivity index (χ0v) is 11.5. The van der Waals surface area contributed by atoms with Crippen LogP contribution in [0, 0.1) is 5.41 Å². The minimum absolute atomic E-state index is 0.344. The summed E-state index contributed by atoms with van der Waals surface area (Å²) in [5.74, 6) is 0. The molecule has 0 amide bonds. The van der Waals surface area contributed by atoms with Crippen molar-refractivity contribution in [2.24, 2.45) is 5.41 Å². The van der Waals surface area contributed by atoms with Crippen LogP contribution in [-0.4, -0.2) is 36.1 Å². The quantitative estimate of drug-likeness (QED) is 0.776. The van der Waals surface area contributed by atoms with Crippen LogP contribution in [0.2, 0.25) is 0 Å². The third kappa shape index (κ3) is 2.28. The van der Waals surface area contributed by atoms with E-state index in [1.54, 1.807) is 0 Å². The van der Waals surface area contributed by atoms with Crippen molar-refractivity contribution < 1.29 is 0 Å². The van der Waals surface area contributed by atoms with Gasteiger partial charge in [0.1, 0.15) is 0 Å². The number of nitrogens with zero attached hydrogens (tertiary/aromatic N) is 1. The Bertz CT molecular complexity index is 249. The fraction of sp³-hybridized carbons (Fsp3) is 1.00. The Balaban J connectivity index is 2.04. The lowest BCUT2D eigenvalue weighted by atomic mass is 9.84. The third-order valence-electron chi connectivity index (χ3n) is 4.92. The molecule has 0 aromatic carbocycles. The van der Waals surface area contributed by atoms with Crippen LogP contribution >= 0.6 is 0 Å². The molecule has 2 nitrogen and oxygen atoms in total. The van der Waals surface area contributed by atoms with Crippen molar-refractivity contribution in [2.45, 2.75) is 65.0 Å². The number of hydrogen-bond donors (Lipinski definition) is 1. The molecule has 0 aromatic rings. The minimum atomic E-state index is 0.344. The Morgan fingerprint density at radius 2 is 2.06 bits per heavy atom. The van der Waals surface area contributed by atoms with E-state index in [1.807, 2.05) is 0 Å². The first-order chi connectivity index (χ1) is 7.47. The summed E-state index contributed by atoms with van der Waals surface area (Å²) >= 11 is 0. The Kier molecular flexibility index (Phi) is 3.33. The van der Waals surface area contributed by atoms with Gasteiger partial charge in [-0.2, -0.15) is 0 Å². The molecule has 1 aliphatic heterocycles. The van der Waals surface area contributed by atoms with Gasteiger partial charge in [-0.1, -0.05) is 27.2 Å². The molecule has 2 atom stereocenters. The Morgan fingerprint density at radius 1 is 1.31 bits per heavy atom. The highest BCUT2D eigenvalue weighted by molar-refractivity contribution is 4.98. The van der Waals surface area contributed by atoms with Crippen LogP contribution in [0.15, 0.2) is 0 Å². The van der Waals surface area contributed by atoms with E-state index in [1.165, 1.54) is 38.8 Å². The summed E-state index contributed by atoms with van der Waals surface area (Å²) in [6.45, 7) is 13.2. The summed E-state index contributed by atoms with van der Waals surface area (Å²) in [5, 5.41) is 3.68. The van der Waals surface area contributed by atoms with Crippen LogP contribution in [-0.2, 0) is 0 Å². The minimum Gasteiger partial charge on any atom is -0.309 e. The van der Waals surface area contributed by atoms with Crippen molar-refractivity contribution in [2.75, 3.05) is 19.6 Å². The van der Waals surface area contributed by atoms with Crippen molar-refractivity contribution in [1.29, 1.82) is 0 Å². The van der Waals surface area contributed by atoms with Crippen LogP contribution in [0.3, 0.4) is 0 Å². The molecule has 1 saturated carbocycles. The van der Waals surface area contributed by atoms with E-state index in [0.717, 1.165) is 12.6 Å². The van der Waals surface area contributed by atoms with Gasteiger partial charge in [0.25, 0.3) is 0 Å². The van der Waals surface area contributed by atoms with E-state index in [-0.39, 0.29) is 0 Å². The van der Waals surface area contributed by atoms with Crippen LogP contribution in [0.5, 0.6) is 0 Å². The van der Waals surface area contributed by atoms with Gasteiger partial charge in [-0.25, -0.2) is 0 Å². The highest BCUT2D eigenvalue weighted by atomic mass is 15.2. The fourth-order valence-electron chi connectivity index (χ4n) is 3.57. The van der Waals surface area contributed by atoms with Crippen LogP contribution in [0.25, 0.3) is 0 Å². The lowest BCUT2D eigenvalue weighted by Crippen LogP contribution is -2.61. The van der Waals surface area contributed by atoms with Gasteiger partial charge >= 0.3 is 0 Å². The van der Waals surface area contributed by atoms with E-state index >= 15 is 0 Å². The third-order valence-corrected chi connectivity index (χ3v) is 4.92. The second-order valence-electron chi connectivity index (χ2n) is 6.71. The van der Waals surface area contributed by atoms with Gasteiger partial charge in [0, 0.05) is 31.2 Å². The Labute approximate surface area is 101 Å². The van der Waals surface area contributed by atoms with E-state index in [0.29, 0.717) is 11.0 Å². The first-order valence-electron chi connectivity index (χ1n) is 6.96. The first kappa shape index (κ1) is 12.4. The van der Waals surface area contributed by atoms with Gasteiger partial charge in [-0.3, -0.25) is 4.90 Å². The van der Waals surface area contributed by atoms with Gasteiger partial charge in [-0.15, -0.1) is 0 Å².